The minimum Gasteiger partial charge on any atom is -0.342 e. The third-order valence-corrected chi connectivity index (χ3v) is 4.85. The number of rotatable bonds is 5. The summed E-state index contributed by atoms with van der Waals surface area (Å²) in [7, 11) is 0. The number of amides is 1. The Hall–Kier alpha value is -0.940. The average Bonchev–Trinajstić information content (AvgIpc) is 2.78. The lowest BCUT2D eigenvalue weighted by Gasteiger charge is -2.21. The van der Waals surface area contributed by atoms with Gasteiger partial charge in [-0.3, -0.25) is 4.79 Å². The van der Waals surface area contributed by atoms with E-state index in [4.69, 9.17) is 0 Å². The van der Waals surface area contributed by atoms with Crippen LogP contribution in [0.4, 0.5) is 0 Å². The Kier molecular flexibility index (Phi) is 5.98. The molecule has 20 heavy (non-hydrogen) atoms. The molecule has 0 bridgehead atoms. The first-order valence-corrected chi connectivity index (χ1v) is 8.54. The first kappa shape index (κ1) is 15.4. The standard InChI is InChI=1S/C15H25N3OS/c1-3-14-17-13(11-20-14)12(2)16-10-15(19)18-8-6-4-5-7-9-18/h11-12,16H,3-10H2,1-2H3/t12-/m0/s1. The lowest BCUT2D eigenvalue weighted by atomic mass is 10.2. The van der Waals surface area contributed by atoms with Crippen molar-refractivity contribution in [1.82, 2.24) is 15.2 Å². The van der Waals surface area contributed by atoms with E-state index in [1.165, 1.54) is 12.8 Å². The number of nitrogens with one attached hydrogen (secondary N) is 1. The molecule has 0 radical (unpaired) electrons. The molecular weight excluding hydrogens is 270 g/mol. The minimum absolute atomic E-state index is 0.141. The average molecular weight is 295 g/mol. The first-order valence-electron chi connectivity index (χ1n) is 7.66. The molecule has 0 aliphatic carbocycles. The van der Waals surface area contributed by atoms with E-state index in [2.05, 4.69) is 29.5 Å². The quantitative estimate of drug-likeness (QED) is 0.908. The second-order valence-corrected chi connectivity index (χ2v) is 6.36. The summed E-state index contributed by atoms with van der Waals surface area (Å²) in [6.07, 6.45) is 5.78. The molecule has 1 amide bonds. The van der Waals surface area contributed by atoms with E-state index in [0.717, 1.165) is 43.1 Å². The van der Waals surface area contributed by atoms with E-state index in [0.29, 0.717) is 6.54 Å². The van der Waals surface area contributed by atoms with Gasteiger partial charge in [0, 0.05) is 24.5 Å². The van der Waals surface area contributed by atoms with Crippen molar-refractivity contribution in [3.8, 4) is 0 Å². The van der Waals surface area contributed by atoms with Gasteiger partial charge in [0.1, 0.15) is 0 Å². The van der Waals surface area contributed by atoms with Gasteiger partial charge >= 0.3 is 0 Å². The van der Waals surface area contributed by atoms with Crippen molar-refractivity contribution in [1.29, 1.82) is 0 Å². The van der Waals surface area contributed by atoms with Gasteiger partial charge in [0.05, 0.1) is 17.2 Å². The number of hydrogen-bond acceptors (Lipinski definition) is 4. The highest BCUT2D eigenvalue weighted by atomic mass is 32.1. The van der Waals surface area contributed by atoms with Crippen molar-refractivity contribution in [3.05, 3.63) is 16.1 Å². The van der Waals surface area contributed by atoms with Crippen LogP contribution < -0.4 is 5.32 Å². The second kappa shape index (κ2) is 7.74. The highest BCUT2D eigenvalue weighted by Crippen LogP contribution is 2.17. The molecule has 1 fully saturated rings. The van der Waals surface area contributed by atoms with Crippen LogP contribution >= 0.6 is 11.3 Å². The van der Waals surface area contributed by atoms with Gasteiger partial charge in [0.15, 0.2) is 0 Å². The molecule has 1 aromatic rings. The van der Waals surface area contributed by atoms with Crippen LogP contribution in [0.25, 0.3) is 0 Å². The molecule has 5 heteroatoms. The first-order chi connectivity index (χ1) is 9.70. The number of aromatic nitrogens is 1. The van der Waals surface area contributed by atoms with Crippen molar-refractivity contribution >= 4 is 17.2 Å². The zero-order chi connectivity index (χ0) is 14.4. The van der Waals surface area contributed by atoms with Crippen molar-refractivity contribution in [2.24, 2.45) is 0 Å². The maximum atomic E-state index is 12.2. The second-order valence-electron chi connectivity index (χ2n) is 5.42. The third-order valence-electron chi connectivity index (χ3n) is 3.83. The molecule has 0 unspecified atom stereocenters. The number of nitrogens with zero attached hydrogens (tertiary/aromatic N) is 2. The Morgan fingerprint density at radius 1 is 1.40 bits per heavy atom. The smallest absolute Gasteiger partial charge is 0.236 e. The van der Waals surface area contributed by atoms with Crippen LogP contribution in [0.2, 0.25) is 0 Å². The molecule has 112 valence electrons. The van der Waals surface area contributed by atoms with Crippen LogP contribution in [0.15, 0.2) is 5.38 Å². The van der Waals surface area contributed by atoms with Crippen molar-refractivity contribution in [2.45, 2.75) is 52.0 Å². The zero-order valence-corrected chi connectivity index (χ0v) is 13.3. The monoisotopic (exact) mass is 295 g/mol. The zero-order valence-electron chi connectivity index (χ0n) is 12.5. The lowest BCUT2D eigenvalue weighted by Crippen LogP contribution is -2.39. The van der Waals surface area contributed by atoms with Crippen LogP contribution in [0.1, 0.15) is 56.3 Å². The van der Waals surface area contributed by atoms with Crippen LogP contribution in [-0.4, -0.2) is 35.4 Å². The van der Waals surface area contributed by atoms with E-state index >= 15 is 0 Å². The number of likely N-dealkylation sites (tertiary alicyclic amines) is 1. The van der Waals surface area contributed by atoms with E-state index in [-0.39, 0.29) is 11.9 Å². The van der Waals surface area contributed by atoms with Crippen LogP contribution in [-0.2, 0) is 11.2 Å². The molecular formula is C15H25N3OS. The Bertz CT molecular complexity index is 425. The van der Waals surface area contributed by atoms with E-state index in [1.807, 2.05) is 4.90 Å². The van der Waals surface area contributed by atoms with E-state index in [9.17, 15) is 4.79 Å². The van der Waals surface area contributed by atoms with E-state index < -0.39 is 0 Å². The van der Waals surface area contributed by atoms with Gasteiger partial charge in [-0.1, -0.05) is 19.8 Å². The molecule has 4 nitrogen and oxygen atoms in total. The SMILES string of the molecule is CCc1nc([C@H](C)NCC(=O)N2CCCCCC2)cs1. The van der Waals surface area contributed by atoms with Crippen LogP contribution in [0, 0.1) is 0 Å². The number of hydrogen-bond donors (Lipinski definition) is 1. The Labute approximate surface area is 125 Å². The molecule has 1 aromatic heterocycles. The fourth-order valence-electron chi connectivity index (χ4n) is 2.46. The maximum Gasteiger partial charge on any atom is 0.236 e. The van der Waals surface area contributed by atoms with Crippen LogP contribution in [0.5, 0.6) is 0 Å². The van der Waals surface area contributed by atoms with Gasteiger partial charge in [-0.05, 0) is 26.2 Å². The highest BCUT2D eigenvalue weighted by Gasteiger charge is 2.17. The Morgan fingerprint density at radius 3 is 2.70 bits per heavy atom. The third kappa shape index (κ3) is 4.28. The lowest BCUT2D eigenvalue weighted by molar-refractivity contribution is -0.130. The van der Waals surface area contributed by atoms with Crippen molar-refractivity contribution in [2.75, 3.05) is 19.6 Å². The minimum atomic E-state index is 0.141. The fraction of sp³-hybridized carbons (Fsp3) is 0.733. The predicted molar refractivity (Wildman–Crippen MR) is 83.0 cm³/mol. The molecule has 2 heterocycles. The van der Waals surface area contributed by atoms with Gasteiger partial charge in [0.2, 0.25) is 5.91 Å². The van der Waals surface area contributed by atoms with Crippen molar-refractivity contribution in [3.63, 3.8) is 0 Å². The summed E-state index contributed by atoms with van der Waals surface area (Å²) in [5, 5.41) is 6.56. The topological polar surface area (TPSA) is 45.2 Å². The Balaban J connectivity index is 1.79. The van der Waals surface area contributed by atoms with Crippen LogP contribution in [0.3, 0.4) is 0 Å². The van der Waals surface area contributed by atoms with Gasteiger partial charge in [-0.2, -0.15) is 0 Å². The van der Waals surface area contributed by atoms with Crippen molar-refractivity contribution < 1.29 is 4.79 Å². The molecule has 0 saturated carbocycles. The van der Waals surface area contributed by atoms with Gasteiger partial charge < -0.3 is 10.2 Å². The Morgan fingerprint density at radius 2 is 2.10 bits per heavy atom. The largest absolute Gasteiger partial charge is 0.342 e. The summed E-state index contributed by atoms with van der Waals surface area (Å²) in [5.74, 6) is 0.227. The van der Waals surface area contributed by atoms with Gasteiger partial charge in [-0.15, -0.1) is 11.3 Å². The molecule has 0 spiro atoms. The van der Waals surface area contributed by atoms with Gasteiger partial charge in [-0.25, -0.2) is 4.98 Å². The molecule has 1 saturated heterocycles. The van der Waals surface area contributed by atoms with Gasteiger partial charge in [0.25, 0.3) is 0 Å². The summed E-state index contributed by atoms with van der Waals surface area (Å²) >= 11 is 1.70. The molecule has 0 aromatic carbocycles. The fourth-order valence-corrected chi connectivity index (χ4v) is 3.30. The molecule has 1 aliphatic heterocycles. The predicted octanol–water partition coefficient (Wildman–Crippen LogP) is 2.76. The summed E-state index contributed by atoms with van der Waals surface area (Å²) in [4.78, 5) is 18.8. The molecule has 1 atom stereocenters. The summed E-state index contributed by atoms with van der Waals surface area (Å²) < 4.78 is 0. The number of aryl methyl sites for hydroxylation is 1. The number of carbonyl (C=O) groups excluding carboxylic acids is 1. The molecule has 1 aliphatic rings. The maximum absolute atomic E-state index is 12.2. The molecule has 2 rings (SSSR count). The summed E-state index contributed by atoms with van der Waals surface area (Å²) in [5.41, 5.74) is 1.05. The summed E-state index contributed by atoms with van der Waals surface area (Å²) in [6, 6.07) is 0.141. The molecule has 1 N–H and O–H groups in total. The summed E-state index contributed by atoms with van der Waals surface area (Å²) in [6.45, 7) is 6.45. The van der Waals surface area contributed by atoms with E-state index in [1.54, 1.807) is 11.3 Å². The highest BCUT2D eigenvalue weighted by molar-refractivity contribution is 7.09. The normalized spacial score (nSPS) is 17.8. The number of carbonyl (C=O) groups is 1. The number of thiazole rings is 1.